The summed E-state index contributed by atoms with van der Waals surface area (Å²) in [6.45, 7) is -0.0677. The van der Waals surface area contributed by atoms with Crippen LogP contribution >= 0.6 is 15.9 Å². The molecule has 1 rings (SSSR count). The second-order valence-electron chi connectivity index (χ2n) is 3.72. The van der Waals surface area contributed by atoms with Gasteiger partial charge >= 0.3 is 6.18 Å². The van der Waals surface area contributed by atoms with Gasteiger partial charge < -0.3 is 4.74 Å². The number of alkyl halides is 4. The van der Waals surface area contributed by atoms with E-state index in [4.69, 9.17) is 4.74 Å². The molecule has 0 aromatic carbocycles. The molecule has 2 atom stereocenters. The molecule has 0 aliphatic carbocycles. The molecule has 96 valence electrons. The zero-order valence-corrected chi connectivity index (χ0v) is 10.7. The van der Waals surface area contributed by atoms with E-state index in [0.29, 0.717) is 0 Å². The molecule has 0 aromatic rings. The number of hydrogen-bond acceptors (Lipinski definition) is 3. The van der Waals surface area contributed by atoms with Crippen molar-refractivity contribution in [3.63, 3.8) is 0 Å². The minimum Gasteiger partial charge on any atom is -0.376 e. The molecule has 1 saturated heterocycles. The highest BCUT2D eigenvalue weighted by Gasteiger charge is 2.36. The summed E-state index contributed by atoms with van der Waals surface area (Å²) >= 11 is 3.15. The topological polar surface area (TPSA) is 43.4 Å². The third-order valence-corrected chi connectivity index (χ3v) is 5.22. The number of rotatable bonds is 4. The molecular weight excluding hydrogens is 313 g/mol. The van der Waals surface area contributed by atoms with Crippen molar-refractivity contribution in [2.45, 2.75) is 29.9 Å². The van der Waals surface area contributed by atoms with Crippen LogP contribution < -0.4 is 0 Å². The highest BCUT2D eigenvalue weighted by Crippen LogP contribution is 2.24. The van der Waals surface area contributed by atoms with E-state index >= 15 is 0 Å². The van der Waals surface area contributed by atoms with E-state index in [-0.39, 0.29) is 29.4 Å². The van der Waals surface area contributed by atoms with E-state index in [1.807, 2.05) is 0 Å². The minimum atomic E-state index is -4.18. The fourth-order valence-corrected chi connectivity index (χ4v) is 4.89. The van der Waals surface area contributed by atoms with Gasteiger partial charge in [-0.3, -0.25) is 0 Å². The Balaban J connectivity index is 2.24. The van der Waals surface area contributed by atoms with Crippen LogP contribution in [0.25, 0.3) is 0 Å². The van der Waals surface area contributed by atoms with Crippen LogP contribution in [0.5, 0.6) is 0 Å². The second kappa shape index (κ2) is 5.22. The lowest BCUT2D eigenvalue weighted by atomic mass is 10.3. The highest BCUT2D eigenvalue weighted by atomic mass is 79.9. The summed E-state index contributed by atoms with van der Waals surface area (Å²) in [5.74, 6) is -0.133. The van der Waals surface area contributed by atoms with Crippen LogP contribution in [0.1, 0.15) is 12.8 Å². The van der Waals surface area contributed by atoms with Crippen molar-refractivity contribution in [1.82, 2.24) is 0 Å². The summed E-state index contributed by atoms with van der Waals surface area (Å²) in [5, 5.41) is 0. The summed E-state index contributed by atoms with van der Waals surface area (Å²) in [5.41, 5.74) is 0. The fourth-order valence-electron chi connectivity index (χ4n) is 1.43. The lowest BCUT2D eigenvalue weighted by molar-refractivity contribution is -0.138. The maximum absolute atomic E-state index is 11.8. The standard InChI is InChI=1S/C8H12BrF3O3S/c9-6-4-16(13,14)5-7(6)15-3-1-2-8(10,11)12/h6-7H,1-5H2. The predicted molar refractivity (Wildman–Crippen MR) is 56.4 cm³/mol. The molecule has 3 nitrogen and oxygen atoms in total. The molecular formula is C8H12BrF3O3S. The Kier molecular flexibility index (Phi) is 4.65. The summed E-state index contributed by atoms with van der Waals surface area (Å²) in [6.07, 6.45) is -5.75. The van der Waals surface area contributed by atoms with Crippen LogP contribution in [0, 0.1) is 0 Å². The summed E-state index contributed by atoms with van der Waals surface area (Å²) in [4.78, 5) is -0.316. The van der Waals surface area contributed by atoms with Crippen molar-refractivity contribution in [3.05, 3.63) is 0 Å². The molecule has 0 spiro atoms. The Morgan fingerprint density at radius 1 is 1.31 bits per heavy atom. The van der Waals surface area contributed by atoms with Crippen molar-refractivity contribution in [2.24, 2.45) is 0 Å². The molecule has 0 saturated carbocycles. The lowest BCUT2D eigenvalue weighted by Gasteiger charge is -2.14. The lowest BCUT2D eigenvalue weighted by Crippen LogP contribution is -2.23. The number of hydrogen-bond donors (Lipinski definition) is 0. The van der Waals surface area contributed by atoms with Crippen molar-refractivity contribution >= 4 is 25.8 Å². The molecule has 16 heavy (non-hydrogen) atoms. The van der Waals surface area contributed by atoms with Gasteiger partial charge in [-0.05, 0) is 6.42 Å². The zero-order chi connectivity index (χ0) is 12.4. The predicted octanol–water partition coefficient (Wildman–Crippen LogP) is 1.91. The van der Waals surface area contributed by atoms with Gasteiger partial charge in [-0.15, -0.1) is 0 Å². The third kappa shape index (κ3) is 5.01. The fraction of sp³-hybridized carbons (Fsp3) is 1.00. The Labute approximate surface area is 100 Å². The maximum atomic E-state index is 11.8. The first-order valence-corrected chi connectivity index (χ1v) is 7.46. The van der Waals surface area contributed by atoms with E-state index < -0.39 is 28.5 Å². The number of halogens is 4. The van der Waals surface area contributed by atoms with Gasteiger partial charge in [0.05, 0.1) is 22.4 Å². The molecule has 1 fully saturated rings. The minimum absolute atomic E-state index is 0.0169. The Hall–Kier alpha value is 0.180. The third-order valence-electron chi connectivity index (χ3n) is 2.17. The van der Waals surface area contributed by atoms with Crippen LogP contribution in [-0.4, -0.2) is 43.6 Å². The van der Waals surface area contributed by atoms with E-state index in [1.165, 1.54) is 0 Å². The normalized spacial score (nSPS) is 29.5. The van der Waals surface area contributed by atoms with E-state index in [0.717, 1.165) is 0 Å². The summed E-state index contributed by atoms with van der Waals surface area (Å²) < 4.78 is 62.8. The largest absolute Gasteiger partial charge is 0.389 e. The SMILES string of the molecule is O=S1(=O)CC(Br)C(OCCCC(F)(F)F)C1. The van der Waals surface area contributed by atoms with E-state index in [2.05, 4.69) is 15.9 Å². The van der Waals surface area contributed by atoms with E-state index in [9.17, 15) is 21.6 Å². The highest BCUT2D eigenvalue weighted by molar-refractivity contribution is 9.09. The van der Waals surface area contributed by atoms with Crippen molar-refractivity contribution < 1.29 is 26.3 Å². The second-order valence-corrected chi connectivity index (χ2v) is 7.05. The molecule has 0 bridgehead atoms. The Morgan fingerprint density at radius 3 is 2.38 bits per heavy atom. The maximum Gasteiger partial charge on any atom is 0.389 e. The number of ether oxygens (including phenoxy) is 1. The molecule has 1 aliphatic heterocycles. The smallest absolute Gasteiger partial charge is 0.376 e. The van der Waals surface area contributed by atoms with Crippen LogP contribution in [0.2, 0.25) is 0 Å². The van der Waals surface area contributed by atoms with E-state index in [1.54, 1.807) is 0 Å². The molecule has 0 radical (unpaired) electrons. The van der Waals surface area contributed by atoms with Crippen molar-refractivity contribution in [2.75, 3.05) is 18.1 Å². The molecule has 2 unspecified atom stereocenters. The van der Waals surface area contributed by atoms with Crippen LogP contribution in [0.3, 0.4) is 0 Å². The first kappa shape index (κ1) is 14.2. The summed E-state index contributed by atoms with van der Waals surface area (Å²) in [7, 11) is -3.10. The average Bonchev–Trinajstić information content (AvgIpc) is 2.32. The molecule has 1 aliphatic rings. The monoisotopic (exact) mass is 324 g/mol. The van der Waals surface area contributed by atoms with Crippen LogP contribution in [0.4, 0.5) is 13.2 Å². The molecule has 0 aromatic heterocycles. The van der Waals surface area contributed by atoms with Crippen molar-refractivity contribution in [1.29, 1.82) is 0 Å². The molecule has 1 heterocycles. The number of sulfone groups is 1. The van der Waals surface area contributed by atoms with Gasteiger partial charge in [0.2, 0.25) is 0 Å². The van der Waals surface area contributed by atoms with Gasteiger partial charge in [-0.2, -0.15) is 13.2 Å². The van der Waals surface area contributed by atoms with Gasteiger partial charge in [-0.25, -0.2) is 8.42 Å². The first-order valence-electron chi connectivity index (χ1n) is 4.72. The average molecular weight is 325 g/mol. The molecule has 8 heteroatoms. The van der Waals surface area contributed by atoms with Gasteiger partial charge in [-0.1, -0.05) is 15.9 Å². The van der Waals surface area contributed by atoms with Gasteiger partial charge in [0.25, 0.3) is 0 Å². The van der Waals surface area contributed by atoms with Crippen LogP contribution in [0.15, 0.2) is 0 Å². The van der Waals surface area contributed by atoms with Gasteiger partial charge in [0, 0.05) is 13.0 Å². The Bertz CT molecular complexity index is 328. The molecule has 0 amide bonds. The first-order chi connectivity index (χ1) is 7.20. The van der Waals surface area contributed by atoms with Gasteiger partial charge in [0.15, 0.2) is 9.84 Å². The van der Waals surface area contributed by atoms with Crippen LogP contribution in [-0.2, 0) is 14.6 Å². The van der Waals surface area contributed by atoms with Gasteiger partial charge in [0.1, 0.15) is 0 Å². The zero-order valence-electron chi connectivity index (χ0n) is 8.34. The quantitative estimate of drug-likeness (QED) is 0.586. The molecule has 0 N–H and O–H groups in total. The summed E-state index contributed by atoms with van der Waals surface area (Å²) in [6, 6.07) is 0. The Morgan fingerprint density at radius 2 is 1.94 bits per heavy atom. The van der Waals surface area contributed by atoms with Crippen molar-refractivity contribution in [3.8, 4) is 0 Å².